The minimum absolute atomic E-state index is 0.358. The van der Waals surface area contributed by atoms with E-state index in [-0.39, 0.29) is 5.97 Å². The van der Waals surface area contributed by atoms with Crippen molar-refractivity contribution >= 4 is 16.7 Å². The zero-order valence-electron chi connectivity index (χ0n) is 11.0. The Morgan fingerprint density at radius 2 is 1.84 bits per heavy atom. The quantitative estimate of drug-likeness (QED) is 0.581. The fourth-order valence-corrected chi connectivity index (χ4v) is 2.24. The van der Waals surface area contributed by atoms with Crippen LogP contribution in [-0.4, -0.2) is 11.8 Å². The van der Waals surface area contributed by atoms with Gasteiger partial charge in [-0.1, -0.05) is 24.3 Å². The van der Waals surface area contributed by atoms with E-state index in [0.29, 0.717) is 17.2 Å². The van der Waals surface area contributed by atoms with Gasteiger partial charge < -0.3 is 14.2 Å². The average molecular weight is 258 g/mol. The molecule has 1 heterocycles. The lowest BCUT2D eigenvalue weighted by atomic mass is 10.1. The molecule has 1 aliphatic heterocycles. The molecule has 0 saturated carbocycles. The molecular weight excluding hydrogens is 244 g/mol. The molecule has 0 amide bonds. The standard InChI is InChI=1S/C15H14O4/c1-9(16)17-12-8-13-14(19-15(2,3)18-13)11-7-5-4-6-10(11)12/h4-8H,1-3H3. The SMILES string of the molecule is CC(=O)Oc1cc2c(c3ccccc13)OC(C)(C)O2. The smallest absolute Gasteiger partial charge is 0.308 e. The molecule has 0 spiro atoms. The van der Waals surface area contributed by atoms with E-state index >= 15 is 0 Å². The molecule has 0 N–H and O–H groups in total. The van der Waals surface area contributed by atoms with Crippen LogP contribution in [0.15, 0.2) is 30.3 Å². The molecule has 3 rings (SSSR count). The van der Waals surface area contributed by atoms with Gasteiger partial charge in [0.15, 0.2) is 11.5 Å². The summed E-state index contributed by atoms with van der Waals surface area (Å²) in [5.41, 5.74) is 0. The summed E-state index contributed by atoms with van der Waals surface area (Å²) in [6.07, 6.45) is 0. The number of hydrogen-bond acceptors (Lipinski definition) is 4. The van der Waals surface area contributed by atoms with Gasteiger partial charge in [-0.15, -0.1) is 0 Å². The van der Waals surface area contributed by atoms with Crippen molar-refractivity contribution in [3.8, 4) is 17.2 Å². The predicted molar refractivity (Wildman–Crippen MR) is 70.6 cm³/mol. The van der Waals surface area contributed by atoms with Gasteiger partial charge in [0.25, 0.3) is 0 Å². The lowest BCUT2D eigenvalue weighted by Crippen LogP contribution is -2.29. The molecule has 1 aliphatic rings. The number of fused-ring (bicyclic) bond motifs is 3. The third kappa shape index (κ3) is 1.99. The molecule has 98 valence electrons. The summed E-state index contributed by atoms with van der Waals surface area (Å²) >= 11 is 0. The molecule has 0 unspecified atom stereocenters. The van der Waals surface area contributed by atoms with Gasteiger partial charge in [-0.2, -0.15) is 0 Å². The number of rotatable bonds is 1. The van der Waals surface area contributed by atoms with Gasteiger partial charge in [-0.3, -0.25) is 4.79 Å². The first-order valence-corrected chi connectivity index (χ1v) is 6.08. The Morgan fingerprint density at radius 3 is 2.53 bits per heavy atom. The van der Waals surface area contributed by atoms with E-state index in [1.165, 1.54) is 6.92 Å². The Kier molecular flexibility index (Phi) is 2.42. The molecule has 2 aromatic carbocycles. The van der Waals surface area contributed by atoms with Crippen LogP contribution in [0.25, 0.3) is 10.8 Å². The topological polar surface area (TPSA) is 44.8 Å². The molecule has 0 aromatic heterocycles. The molecule has 4 nitrogen and oxygen atoms in total. The van der Waals surface area contributed by atoms with Gasteiger partial charge >= 0.3 is 5.97 Å². The minimum Gasteiger partial charge on any atom is -0.449 e. The molecule has 0 radical (unpaired) electrons. The van der Waals surface area contributed by atoms with Crippen LogP contribution in [0.2, 0.25) is 0 Å². The Balaban J connectivity index is 2.25. The Morgan fingerprint density at radius 1 is 1.16 bits per heavy atom. The second kappa shape index (κ2) is 3.88. The van der Waals surface area contributed by atoms with Gasteiger partial charge in [0, 0.05) is 37.6 Å². The maximum atomic E-state index is 11.2. The molecule has 0 bridgehead atoms. The Labute approximate surface area is 110 Å². The van der Waals surface area contributed by atoms with Crippen LogP contribution in [0.4, 0.5) is 0 Å². The van der Waals surface area contributed by atoms with Crippen molar-refractivity contribution in [1.82, 2.24) is 0 Å². The van der Waals surface area contributed by atoms with Crippen LogP contribution in [0.1, 0.15) is 20.8 Å². The second-order valence-electron chi connectivity index (χ2n) is 4.95. The van der Waals surface area contributed by atoms with Crippen LogP contribution in [-0.2, 0) is 4.79 Å². The molecule has 0 fully saturated rings. The summed E-state index contributed by atoms with van der Waals surface area (Å²) in [4.78, 5) is 11.2. The lowest BCUT2D eigenvalue weighted by Gasteiger charge is -2.16. The van der Waals surface area contributed by atoms with E-state index < -0.39 is 5.79 Å². The first kappa shape index (κ1) is 11.8. The number of esters is 1. The summed E-state index contributed by atoms with van der Waals surface area (Å²) in [6.45, 7) is 5.06. The van der Waals surface area contributed by atoms with Gasteiger partial charge in [-0.25, -0.2) is 0 Å². The van der Waals surface area contributed by atoms with E-state index in [0.717, 1.165) is 10.8 Å². The van der Waals surface area contributed by atoms with Gasteiger partial charge in [0.05, 0.1) is 0 Å². The normalized spacial score (nSPS) is 15.5. The fourth-order valence-electron chi connectivity index (χ4n) is 2.24. The summed E-state index contributed by atoms with van der Waals surface area (Å²) in [5, 5.41) is 1.71. The van der Waals surface area contributed by atoms with E-state index in [4.69, 9.17) is 14.2 Å². The Hall–Kier alpha value is -2.23. The zero-order chi connectivity index (χ0) is 13.6. The first-order valence-electron chi connectivity index (χ1n) is 6.08. The summed E-state index contributed by atoms with van der Waals surface area (Å²) in [5.74, 6) is 0.711. The highest BCUT2D eigenvalue weighted by Gasteiger charge is 2.34. The number of hydrogen-bond donors (Lipinski definition) is 0. The number of carbonyl (C=O) groups is 1. The predicted octanol–water partition coefficient (Wildman–Crippen LogP) is 3.27. The van der Waals surface area contributed by atoms with Gasteiger partial charge in [0.2, 0.25) is 5.79 Å². The van der Waals surface area contributed by atoms with Crippen molar-refractivity contribution in [2.24, 2.45) is 0 Å². The zero-order valence-corrected chi connectivity index (χ0v) is 11.0. The maximum absolute atomic E-state index is 11.2. The molecule has 4 heteroatoms. The monoisotopic (exact) mass is 258 g/mol. The van der Waals surface area contributed by atoms with E-state index in [1.54, 1.807) is 6.07 Å². The van der Waals surface area contributed by atoms with Crippen molar-refractivity contribution < 1.29 is 19.0 Å². The first-order chi connectivity index (χ1) is 8.96. The number of ether oxygens (including phenoxy) is 3. The van der Waals surface area contributed by atoms with Crippen molar-refractivity contribution in [3.63, 3.8) is 0 Å². The van der Waals surface area contributed by atoms with Crippen LogP contribution in [0, 0.1) is 0 Å². The highest BCUT2D eigenvalue weighted by atomic mass is 16.7. The molecule has 2 aromatic rings. The van der Waals surface area contributed by atoms with E-state index in [1.807, 2.05) is 38.1 Å². The van der Waals surface area contributed by atoms with Crippen LogP contribution >= 0.6 is 0 Å². The van der Waals surface area contributed by atoms with E-state index in [9.17, 15) is 4.79 Å². The lowest BCUT2D eigenvalue weighted by molar-refractivity contribution is -0.131. The molecule has 0 saturated heterocycles. The van der Waals surface area contributed by atoms with Crippen LogP contribution in [0.3, 0.4) is 0 Å². The third-order valence-electron chi connectivity index (χ3n) is 2.88. The number of benzene rings is 2. The maximum Gasteiger partial charge on any atom is 0.308 e. The van der Waals surface area contributed by atoms with E-state index in [2.05, 4.69) is 0 Å². The molecule has 0 aliphatic carbocycles. The second-order valence-corrected chi connectivity index (χ2v) is 4.95. The summed E-state index contributed by atoms with van der Waals surface area (Å²) in [7, 11) is 0. The largest absolute Gasteiger partial charge is 0.449 e. The van der Waals surface area contributed by atoms with Gasteiger partial charge in [0.1, 0.15) is 5.75 Å². The highest BCUT2D eigenvalue weighted by Crippen LogP contribution is 2.47. The highest BCUT2D eigenvalue weighted by molar-refractivity contribution is 5.97. The molecular formula is C15H14O4. The summed E-state index contributed by atoms with van der Waals surface area (Å²) < 4.78 is 16.8. The molecule has 19 heavy (non-hydrogen) atoms. The van der Waals surface area contributed by atoms with Crippen molar-refractivity contribution in [2.45, 2.75) is 26.6 Å². The fraction of sp³-hybridized carbons (Fsp3) is 0.267. The average Bonchev–Trinajstić information content (AvgIpc) is 2.63. The van der Waals surface area contributed by atoms with Crippen molar-refractivity contribution in [1.29, 1.82) is 0 Å². The van der Waals surface area contributed by atoms with Crippen molar-refractivity contribution in [3.05, 3.63) is 30.3 Å². The third-order valence-corrected chi connectivity index (χ3v) is 2.88. The molecule has 0 atom stereocenters. The summed E-state index contributed by atoms with van der Waals surface area (Å²) in [6, 6.07) is 9.32. The van der Waals surface area contributed by atoms with Crippen LogP contribution in [0.5, 0.6) is 17.2 Å². The van der Waals surface area contributed by atoms with Crippen LogP contribution < -0.4 is 14.2 Å². The Bertz CT molecular complexity index is 673. The van der Waals surface area contributed by atoms with Crippen molar-refractivity contribution in [2.75, 3.05) is 0 Å². The van der Waals surface area contributed by atoms with Gasteiger partial charge in [-0.05, 0) is 0 Å². The number of carbonyl (C=O) groups excluding carboxylic acids is 1. The minimum atomic E-state index is -0.708.